The van der Waals surface area contributed by atoms with Gasteiger partial charge in [-0.05, 0) is 57.5 Å². The Bertz CT molecular complexity index is 1390. The molecular formula is C32H44F2N6O2. The average Bonchev–Trinajstić information content (AvgIpc) is 3.00. The summed E-state index contributed by atoms with van der Waals surface area (Å²) in [4.78, 5) is 25.0. The summed E-state index contributed by atoms with van der Waals surface area (Å²) in [6.07, 6.45) is 7.93. The molecule has 1 aromatic carbocycles. The molecule has 8 nitrogen and oxygen atoms in total. The number of hydrogen-bond acceptors (Lipinski definition) is 7. The van der Waals surface area contributed by atoms with Crippen molar-refractivity contribution in [1.82, 2.24) is 19.9 Å². The number of ether oxygens (including phenoxy) is 1. The van der Waals surface area contributed by atoms with Crippen LogP contribution in [0.4, 0.5) is 20.3 Å². The van der Waals surface area contributed by atoms with Crippen molar-refractivity contribution >= 4 is 22.5 Å². The first-order valence-corrected chi connectivity index (χ1v) is 15.5. The lowest BCUT2D eigenvalue weighted by Crippen LogP contribution is -2.40. The number of alkyl halides is 2. The summed E-state index contributed by atoms with van der Waals surface area (Å²) in [7, 11) is 1.81. The third-order valence-electron chi connectivity index (χ3n) is 8.78. The zero-order valence-electron chi connectivity index (χ0n) is 24.9. The molecule has 10 heteroatoms. The smallest absolute Gasteiger partial charge is 0.276 e. The first kappa shape index (κ1) is 30.4. The average molecular weight is 583 g/mol. The van der Waals surface area contributed by atoms with Crippen LogP contribution in [0.3, 0.4) is 0 Å². The lowest BCUT2D eigenvalue weighted by Gasteiger charge is -2.29. The second-order valence-corrected chi connectivity index (χ2v) is 11.7. The van der Waals surface area contributed by atoms with Gasteiger partial charge >= 0.3 is 0 Å². The molecule has 42 heavy (non-hydrogen) atoms. The second-order valence-electron chi connectivity index (χ2n) is 11.7. The molecule has 2 N–H and O–H groups in total. The second kappa shape index (κ2) is 13.9. The normalized spacial score (nSPS) is 22.2. The molecule has 2 aliphatic rings. The molecule has 0 spiro atoms. The number of nitrogens with one attached hydrogen (secondary N) is 2. The molecule has 2 atom stereocenters. The molecule has 2 aliphatic heterocycles. The van der Waals surface area contributed by atoms with Crippen molar-refractivity contribution in [2.45, 2.75) is 76.8 Å². The minimum atomic E-state index is -2.93. The van der Waals surface area contributed by atoms with Gasteiger partial charge in [-0.15, -0.1) is 0 Å². The predicted molar refractivity (Wildman–Crippen MR) is 164 cm³/mol. The number of morpholine rings is 1. The Balaban J connectivity index is 1.55. The van der Waals surface area contributed by atoms with E-state index in [1.54, 1.807) is 22.8 Å². The summed E-state index contributed by atoms with van der Waals surface area (Å²) in [5.74, 6) is -3.07. The quantitative estimate of drug-likeness (QED) is 0.399. The SMILES string of the molecule is CNCCC1CCCCCCCCn2c(=O)c(N3CCOCC3)cc3c(ncnc32)N[C@H](C)c2cccc(c2)C1(F)F. The molecule has 1 unspecified atom stereocenters. The summed E-state index contributed by atoms with van der Waals surface area (Å²) in [5, 5.41) is 7.26. The van der Waals surface area contributed by atoms with Crippen molar-refractivity contribution in [3.63, 3.8) is 0 Å². The molecule has 5 rings (SSSR count). The Morgan fingerprint density at radius 2 is 1.81 bits per heavy atom. The van der Waals surface area contributed by atoms with Gasteiger partial charge in [-0.25, -0.2) is 18.7 Å². The molecule has 2 aromatic heterocycles. The zero-order chi connectivity index (χ0) is 29.5. The van der Waals surface area contributed by atoms with Crippen molar-refractivity contribution in [1.29, 1.82) is 0 Å². The number of aryl methyl sites for hydroxylation is 1. The highest BCUT2D eigenvalue weighted by Crippen LogP contribution is 2.41. The fraction of sp³-hybridized carbons (Fsp3) is 0.594. The van der Waals surface area contributed by atoms with Crippen molar-refractivity contribution in [2.24, 2.45) is 5.92 Å². The largest absolute Gasteiger partial charge is 0.378 e. The molecule has 4 heterocycles. The van der Waals surface area contributed by atoms with E-state index in [-0.39, 0.29) is 17.2 Å². The Hall–Kier alpha value is -3.11. The van der Waals surface area contributed by atoms with Gasteiger partial charge in [0.2, 0.25) is 0 Å². The number of rotatable bonds is 4. The monoisotopic (exact) mass is 582 g/mol. The van der Waals surface area contributed by atoms with Crippen LogP contribution in [0.1, 0.15) is 75.5 Å². The van der Waals surface area contributed by atoms with Gasteiger partial charge in [0.15, 0.2) is 0 Å². The number of benzene rings is 1. The zero-order valence-corrected chi connectivity index (χ0v) is 24.9. The molecule has 228 valence electrons. The van der Waals surface area contributed by atoms with E-state index in [1.165, 1.54) is 6.33 Å². The van der Waals surface area contributed by atoms with E-state index in [2.05, 4.69) is 25.5 Å². The number of fused-ring (bicyclic) bond motifs is 2. The van der Waals surface area contributed by atoms with Gasteiger partial charge < -0.3 is 20.3 Å². The van der Waals surface area contributed by atoms with Crippen LogP contribution in [0.2, 0.25) is 0 Å². The van der Waals surface area contributed by atoms with Gasteiger partial charge in [0.1, 0.15) is 23.5 Å². The molecule has 6 bridgehead atoms. The highest BCUT2D eigenvalue weighted by atomic mass is 19.3. The van der Waals surface area contributed by atoms with Crippen LogP contribution in [0.15, 0.2) is 41.5 Å². The number of nitrogens with zero attached hydrogens (tertiary/aromatic N) is 4. The first-order valence-electron chi connectivity index (χ1n) is 15.5. The van der Waals surface area contributed by atoms with Crippen molar-refractivity contribution in [3.8, 4) is 0 Å². The van der Waals surface area contributed by atoms with E-state index in [9.17, 15) is 4.79 Å². The van der Waals surface area contributed by atoms with E-state index >= 15 is 8.78 Å². The molecule has 0 amide bonds. The summed E-state index contributed by atoms with van der Waals surface area (Å²) in [5.41, 5.74) is 1.98. The fourth-order valence-corrected chi connectivity index (χ4v) is 6.25. The van der Waals surface area contributed by atoms with Crippen molar-refractivity contribution < 1.29 is 13.5 Å². The highest BCUT2D eigenvalue weighted by Gasteiger charge is 2.40. The van der Waals surface area contributed by atoms with Gasteiger partial charge in [0.25, 0.3) is 11.5 Å². The minimum Gasteiger partial charge on any atom is -0.378 e. The summed E-state index contributed by atoms with van der Waals surface area (Å²) in [6.45, 7) is 5.51. The summed E-state index contributed by atoms with van der Waals surface area (Å²) in [6, 6.07) is 8.37. The highest BCUT2D eigenvalue weighted by molar-refractivity contribution is 5.89. The third kappa shape index (κ3) is 6.75. The standard InChI is InChI=1S/C32H44F2N6O2/c1-23-24-10-9-12-26(20-24)32(33,34)25(13-14-35-2)11-7-5-3-4-6-8-15-40-30-27(29(38-23)36-22-37-30)21-28(31(40)41)39-16-18-42-19-17-39/h9-10,12,20-23,25,35H,3-8,11,13-19H2,1-2H3,(H,36,37,38)/t23-,25?/m1/s1. The predicted octanol–water partition coefficient (Wildman–Crippen LogP) is 5.86. The Morgan fingerprint density at radius 3 is 2.60 bits per heavy atom. The summed E-state index contributed by atoms with van der Waals surface area (Å²) >= 11 is 0. The van der Waals surface area contributed by atoms with E-state index in [4.69, 9.17) is 4.74 Å². The van der Waals surface area contributed by atoms with Gasteiger partial charge in [-0.2, -0.15) is 0 Å². The molecular weight excluding hydrogens is 538 g/mol. The third-order valence-corrected chi connectivity index (χ3v) is 8.78. The summed E-state index contributed by atoms with van der Waals surface area (Å²) < 4.78 is 39.3. The number of aromatic nitrogens is 3. The number of anilines is 2. The molecule has 3 aromatic rings. The van der Waals surface area contributed by atoms with E-state index in [0.29, 0.717) is 69.4 Å². The molecule has 1 saturated heterocycles. The first-order chi connectivity index (χ1) is 20.4. The van der Waals surface area contributed by atoms with Crippen LogP contribution in [-0.4, -0.2) is 54.4 Å². The Kier molecular flexibility index (Phi) is 10.1. The van der Waals surface area contributed by atoms with Gasteiger partial charge in [0.05, 0.1) is 18.6 Å². The molecule has 1 fully saturated rings. The molecule has 0 radical (unpaired) electrons. The van der Waals surface area contributed by atoms with Crippen molar-refractivity contribution in [3.05, 3.63) is 58.1 Å². The van der Waals surface area contributed by atoms with Crippen LogP contribution in [0.25, 0.3) is 11.0 Å². The number of halogens is 2. The minimum absolute atomic E-state index is 0.0458. The number of pyridine rings is 1. The topological polar surface area (TPSA) is 84.3 Å². The van der Waals surface area contributed by atoms with Crippen LogP contribution >= 0.6 is 0 Å². The van der Waals surface area contributed by atoms with Gasteiger partial charge in [0, 0.05) is 37.2 Å². The maximum absolute atomic E-state index is 16.0. The van der Waals surface area contributed by atoms with Gasteiger partial charge in [-0.1, -0.05) is 50.3 Å². The van der Waals surface area contributed by atoms with E-state index in [0.717, 1.165) is 49.5 Å². The fourth-order valence-electron chi connectivity index (χ4n) is 6.25. The Labute approximate surface area is 246 Å². The lowest BCUT2D eigenvalue weighted by atomic mass is 9.86. The molecule has 0 saturated carbocycles. The molecule has 0 aliphatic carbocycles. The van der Waals surface area contributed by atoms with Crippen LogP contribution in [0, 0.1) is 5.92 Å². The van der Waals surface area contributed by atoms with Crippen LogP contribution < -0.4 is 21.1 Å². The lowest BCUT2D eigenvalue weighted by molar-refractivity contribution is -0.0718. The Morgan fingerprint density at radius 1 is 1.05 bits per heavy atom. The van der Waals surface area contributed by atoms with E-state index in [1.807, 2.05) is 26.1 Å². The van der Waals surface area contributed by atoms with E-state index < -0.39 is 11.8 Å². The van der Waals surface area contributed by atoms with Crippen LogP contribution in [-0.2, 0) is 17.2 Å². The maximum Gasteiger partial charge on any atom is 0.276 e. The maximum atomic E-state index is 16.0. The van der Waals surface area contributed by atoms with Crippen molar-refractivity contribution in [2.75, 3.05) is 50.1 Å². The van der Waals surface area contributed by atoms with Gasteiger partial charge in [-0.3, -0.25) is 9.36 Å². The number of hydrogen-bond donors (Lipinski definition) is 2. The van der Waals surface area contributed by atoms with Crippen LogP contribution in [0.5, 0.6) is 0 Å².